The molecule has 90 valence electrons. The van der Waals surface area contributed by atoms with Crippen molar-refractivity contribution in [3.8, 4) is 0 Å². The van der Waals surface area contributed by atoms with Crippen LogP contribution in [0.25, 0.3) is 0 Å². The van der Waals surface area contributed by atoms with Gasteiger partial charge in [-0.15, -0.1) is 11.3 Å². The van der Waals surface area contributed by atoms with E-state index in [1.807, 2.05) is 5.38 Å². The maximum atomic E-state index is 12.1. The Labute approximate surface area is 115 Å². The van der Waals surface area contributed by atoms with Crippen LogP contribution in [0.2, 0.25) is 0 Å². The zero-order valence-corrected chi connectivity index (χ0v) is 11.5. The van der Waals surface area contributed by atoms with Crippen LogP contribution < -0.4 is 0 Å². The molecular weight excluding hydrogens is 316 g/mol. The maximum absolute atomic E-state index is 12.1. The first-order valence-electron chi connectivity index (χ1n) is 5.22. The summed E-state index contributed by atoms with van der Waals surface area (Å²) >= 11 is 4.67. The van der Waals surface area contributed by atoms with Crippen LogP contribution in [0, 0.1) is 0 Å². The Kier molecular flexibility index (Phi) is 2.76. The lowest BCUT2D eigenvalue weighted by molar-refractivity contribution is 0.0642. The van der Waals surface area contributed by atoms with E-state index in [1.165, 1.54) is 16.2 Å². The number of amides is 2. The van der Waals surface area contributed by atoms with E-state index >= 15 is 0 Å². The predicted octanol–water partition coefficient (Wildman–Crippen LogP) is 2.70. The van der Waals surface area contributed by atoms with Crippen molar-refractivity contribution in [1.82, 2.24) is 9.88 Å². The second-order valence-electron chi connectivity index (χ2n) is 3.81. The van der Waals surface area contributed by atoms with Gasteiger partial charge < -0.3 is 0 Å². The van der Waals surface area contributed by atoms with Gasteiger partial charge in [0.25, 0.3) is 11.8 Å². The van der Waals surface area contributed by atoms with E-state index in [-0.39, 0.29) is 18.4 Å². The van der Waals surface area contributed by atoms with Crippen molar-refractivity contribution >= 4 is 39.1 Å². The Bertz CT molecular complexity index is 618. The standard InChI is InChI=1S/C12H7BrN2O2S/c13-9-6-18-10(14-9)5-15-11(16)7-3-1-2-4-8(7)12(15)17/h1-4,6H,5H2. The highest BCUT2D eigenvalue weighted by Crippen LogP contribution is 2.25. The number of halogens is 1. The van der Waals surface area contributed by atoms with Crippen LogP contribution in [-0.2, 0) is 6.54 Å². The summed E-state index contributed by atoms with van der Waals surface area (Å²) in [6.07, 6.45) is 0. The molecule has 0 spiro atoms. The molecule has 0 N–H and O–H groups in total. The van der Waals surface area contributed by atoms with Gasteiger partial charge in [0.05, 0.1) is 17.7 Å². The monoisotopic (exact) mass is 322 g/mol. The summed E-state index contributed by atoms with van der Waals surface area (Å²) in [6.45, 7) is 0.225. The fourth-order valence-corrected chi connectivity index (χ4v) is 3.13. The quantitative estimate of drug-likeness (QED) is 0.799. The van der Waals surface area contributed by atoms with Crippen molar-refractivity contribution < 1.29 is 9.59 Å². The zero-order valence-electron chi connectivity index (χ0n) is 9.09. The molecule has 0 unspecified atom stereocenters. The maximum Gasteiger partial charge on any atom is 0.261 e. The van der Waals surface area contributed by atoms with Gasteiger partial charge in [0.1, 0.15) is 9.61 Å². The second kappa shape index (κ2) is 4.29. The van der Waals surface area contributed by atoms with Crippen molar-refractivity contribution in [1.29, 1.82) is 0 Å². The Hall–Kier alpha value is -1.53. The third-order valence-electron chi connectivity index (χ3n) is 2.70. The highest BCUT2D eigenvalue weighted by molar-refractivity contribution is 9.10. The van der Waals surface area contributed by atoms with Crippen LogP contribution in [-0.4, -0.2) is 21.7 Å². The van der Waals surface area contributed by atoms with Crippen LogP contribution in [0.1, 0.15) is 25.7 Å². The molecule has 1 aromatic carbocycles. The predicted molar refractivity (Wildman–Crippen MR) is 70.5 cm³/mol. The van der Waals surface area contributed by atoms with Crippen molar-refractivity contribution in [3.05, 3.63) is 50.4 Å². The average molecular weight is 323 g/mol. The molecule has 2 heterocycles. The van der Waals surface area contributed by atoms with E-state index in [0.29, 0.717) is 11.1 Å². The lowest BCUT2D eigenvalue weighted by Crippen LogP contribution is -2.29. The minimum Gasteiger partial charge on any atom is -0.269 e. The molecule has 0 saturated heterocycles. The Morgan fingerprint density at radius 1 is 1.17 bits per heavy atom. The van der Waals surface area contributed by atoms with Crippen molar-refractivity contribution in [2.75, 3.05) is 0 Å². The average Bonchev–Trinajstić information content (AvgIpc) is 2.88. The molecule has 0 aliphatic carbocycles. The summed E-state index contributed by atoms with van der Waals surface area (Å²) in [4.78, 5) is 29.6. The number of thiazole rings is 1. The Balaban J connectivity index is 1.92. The Morgan fingerprint density at radius 2 is 1.78 bits per heavy atom. The van der Waals surface area contributed by atoms with Gasteiger partial charge in [-0.25, -0.2) is 4.98 Å². The summed E-state index contributed by atoms with van der Waals surface area (Å²) in [5.41, 5.74) is 0.941. The van der Waals surface area contributed by atoms with Gasteiger partial charge in [0.15, 0.2) is 0 Å². The zero-order chi connectivity index (χ0) is 12.7. The first kappa shape index (κ1) is 11.6. The first-order chi connectivity index (χ1) is 8.66. The molecule has 0 radical (unpaired) electrons. The first-order valence-corrected chi connectivity index (χ1v) is 6.89. The van der Waals surface area contributed by atoms with E-state index in [1.54, 1.807) is 24.3 Å². The molecule has 1 aliphatic rings. The molecule has 0 fully saturated rings. The van der Waals surface area contributed by atoms with Crippen LogP contribution in [0.4, 0.5) is 0 Å². The molecule has 3 rings (SSSR count). The Morgan fingerprint density at radius 3 is 2.28 bits per heavy atom. The minimum atomic E-state index is -0.248. The van der Waals surface area contributed by atoms with Crippen molar-refractivity contribution in [2.24, 2.45) is 0 Å². The summed E-state index contributed by atoms with van der Waals surface area (Å²) < 4.78 is 0.721. The fourth-order valence-electron chi connectivity index (χ4n) is 1.88. The van der Waals surface area contributed by atoms with Crippen molar-refractivity contribution in [2.45, 2.75) is 6.54 Å². The van der Waals surface area contributed by atoms with Gasteiger partial charge in [-0.1, -0.05) is 12.1 Å². The van der Waals surface area contributed by atoms with E-state index in [0.717, 1.165) is 9.61 Å². The molecule has 2 aromatic rings. The second-order valence-corrected chi connectivity index (χ2v) is 5.56. The number of rotatable bonds is 2. The number of fused-ring (bicyclic) bond motifs is 1. The van der Waals surface area contributed by atoms with Gasteiger partial charge >= 0.3 is 0 Å². The smallest absolute Gasteiger partial charge is 0.261 e. The summed E-state index contributed by atoms with van der Waals surface area (Å²) in [5.74, 6) is -0.496. The van der Waals surface area contributed by atoms with E-state index in [9.17, 15) is 9.59 Å². The normalized spacial score (nSPS) is 14.2. The van der Waals surface area contributed by atoms with Crippen LogP contribution in [0.5, 0.6) is 0 Å². The molecular formula is C12H7BrN2O2S. The SMILES string of the molecule is O=C1c2ccccc2C(=O)N1Cc1nc(Br)cs1. The van der Waals surface area contributed by atoms with Gasteiger partial charge in [-0.05, 0) is 28.1 Å². The molecule has 6 heteroatoms. The van der Waals surface area contributed by atoms with E-state index < -0.39 is 0 Å². The molecule has 1 aromatic heterocycles. The lowest BCUT2D eigenvalue weighted by atomic mass is 10.1. The largest absolute Gasteiger partial charge is 0.269 e. The number of aromatic nitrogens is 1. The van der Waals surface area contributed by atoms with Gasteiger partial charge in [-0.2, -0.15) is 0 Å². The molecule has 0 saturated carbocycles. The highest BCUT2D eigenvalue weighted by Gasteiger charge is 2.35. The van der Waals surface area contributed by atoms with Crippen LogP contribution >= 0.6 is 27.3 Å². The molecule has 2 amide bonds. The molecule has 0 bridgehead atoms. The van der Waals surface area contributed by atoms with Gasteiger partial charge in [0.2, 0.25) is 0 Å². The number of nitrogens with zero attached hydrogens (tertiary/aromatic N) is 2. The third kappa shape index (κ3) is 1.77. The third-order valence-corrected chi connectivity index (χ3v) is 4.24. The summed E-state index contributed by atoms with van der Waals surface area (Å²) in [6, 6.07) is 6.86. The van der Waals surface area contributed by atoms with E-state index in [2.05, 4.69) is 20.9 Å². The molecule has 0 atom stereocenters. The number of hydrogen-bond acceptors (Lipinski definition) is 4. The summed E-state index contributed by atoms with van der Waals surface area (Å²) in [7, 11) is 0. The van der Waals surface area contributed by atoms with Crippen LogP contribution in [0.3, 0.4) is 0 Å². The molecule has 4 nitrogen and oxygen atoms in total. The number of benzene rings is 1. The topological polar surface area (TPSA) is 50.3 Å². The number of hydrogen-bond donors (Lipinski definition) is 0. The molecule has 18 heavy (non-hydrogen) atoms. The van der Waals surface area contributed by atoms with Crippen molar-refractivity contribution in [3.63, 3.8) is 0 Å². The highest BCUT2D eigenvalue weighted by atomic mass is 79.9. The fraction of sp³-hybridized carbons (Fsp3) is 0.0833. The number of imide groups is 1. The number of carbonyl (C=O) groups is 2. The van der Waals surface area contributed by atoms with Gasteiger partial charge in [-0.3, -0.25) is 14.5 Å². The minimum absolute atomic E-state index is 0.225. The number of carbonyl (C=O) groups excluding carboxylic acids is 2. The lowest BCUT2D eigenvalue weighted by Gasteiger charge is -2.11. The van der Waals surface area contributed by atoms with Crippen LogP contribution in [0.15, 0.2) is 34.2 Å². The van der Waals surface area contributed by atoms with E-state index in [4.69, 9.17) is 0 Å². The van der Waals surface area contributed by atoms with Gasteiger partial charge in [0, 0.05) is 5.38 Å². The molecule has 1 aliphatic heterocycles. The summed E-state index contributed by atoms with van der Waals surface area (Å²) in [5, 5.41) is 2.56.